The Labute approximate surface area is 174 Å². The summed E-state index contributed by atoms with van der Waals surface area (Å²) in [6.07, 6.45) is 25.5. The average Bonchev–Trinajstić information content (AvgIpc) is 3.08. The van der Waals surface area contributed by atoms with Gasteiger partial charge in [-0.2, -0.15) is 0 Å². The number of carbonyl (C=O) groups is 1. The number of rotatable bonds is 17. The predicted molar refractivity (Wildman–Crippen MR) is 121 cm³/mol. The number of nitrogens with zero attached hydrogens (tertiary/aromatic N) is 1. The molecule has 1 aliphatic heterocycles. The van der Waals surface area contributed by atoms with Gasteiger partial charge in [-0.15, -0.1) is 0 Å². The number of nitrogens with one attached hydrogen (secondary N) is 2. The fourth-order valence-corrected chi connectivity index (χ4v) is 4.17. The summed E-state index contributed by atoms with van der Waals surface area (Å²) in [4.78, 5) is 11.1. The van der Waals surface area contributed by atoms with Crippen molar-refractivity contribution in [2.24, 2.45) is 0 Å². The summed E-state index contributed by atoms with van der Waals surface area (Å²) < 4.78 is 0.952. The Bertz CT molecular complexity index is 461. The van der Waals surface area contributed by atoms with E-state index in [0.717, 1.165) is 24.1 Å². The molecule has 0 bridgehead atoms. The van der Waals surface area contributed by atoms with Crippen LogP contribution in [0.15, 0.2) is 24.6 Å². The van der Waals surface area contributed by atoms with Crippen molar-refractivity contribution in [3.8, 4) is 0 Å². The van der Waals surface area contributed by atoms with Crippen LogP contribution in [0.2, 0.25) is 0 Å². The van der Waals surface area contributed by atoms with Gasteiger partial charge in [0.15, 0.2) is 6.17 Å². The minimum Gasteiger partial charge on any atom is -0.351 e. The van der Waals surface area contributed by atoms with Crippen LogP contribution in [0, 0.1) is 0 Å². The zero-order chi connectivity index (χ0) is 20.5. The first-order chi connectivity index (χ1) is 13.6. The lowest BCUT2D eigenvalue weighted by Gasteiger charge is -2.37. The summed E-state index contributed by atoms with van der Waals surface area (Å²) >= 11 is 0. The summed E-state index contributed by atoms with van der Waals surface area (Å²) in [5.41, 5.74) is 0. The third-order valence-corrected chi connectivity index (χ3v) is 6.02. The molecule has 4 heteroatoms. The highest BCUT2D eigenvalue weighted by molar-refractivity contribution is 5.72. The Hall–Kier alpha value is -1.29. The number of hydrogen-bond acceptors (Lipinski definition) is 2. The van der Waals surface area contributed by atoms with Crippen molar-refractivity contribution in [1.29, 1.82) is 0 Å². The van der Waals surface area contributed by atoms with Crippen LogP contribution >= 0.6 is 0 Å². The van der Waals surface area contributed by atoms with Crippen molar-refractivity contribution in [1.82, 2.24) is 10.6 Å². The van der Waals surface area contributed by atoms with Crippen LogP contribution in [0.5, 0.6) is 0 Å². The largest absolute Gasteiger partial charge is 0.351 e. The van der Waals surface area contributed by atoms with Crippen LogP contribution in [0.3, 0.4) is 0 Å². The Morgan fingerprint density at radius 2 is 1.64 bits per heavy atom. The van der Waals surface area contributed by atoms with E-state index in [1.165, 1.54) is 77.0 Å². The molecule has 0 radical (unpaired) electrons. The Kier molecular flexibility index (Phi) is 13.8. The molecule has 2 N–H and O–H groups in total. The van der Waals surface area contributed by atoms with Crippen LogP contribution in [0.4, 0.5) is 0 Å². The molecule has 0 spiro atoms. The number of quaternary nitrogens is 1. The first-order valence-corrected chi connectivity index (χ1v) is 11.8. The third kappa shape index (κ3) is 10.3. The summed E-state index contributed by atoms with van der Waals surface area (Å²) in [7, 11) is 0. The number of amides is 1. The summed E-state index contributed by atoms with van der Waals surface area (Å²) in [5.74, 6) is 0.0651. The monoisotopic (exact) mass is 392 g/mol. The topological polar surface area (TPSA) is 41.1 Å². The van der Waals surface area contributed by atoms with Crippen molar-refractivity contribution in [3.63, 3.8) is 0 Å². The zero-order valence-corrected chi connectivity index (χ0v) is 18.8. The quantitative estimate of drug-likeness (QED) is 0.192. The molecule has 28 heavy (non-hydrogen) atoms. The molecule has 0 saturated carbocycles. The van der Waals surface area contributed by atoms with Gasteiger partial charge in [0.1, 0.15) is 12.7 Å². The molecule has 0 aromatic carbocycles. The van der Waals surface area contributed by atoms with Crippen LogP contribution in [0.1, 0.15) is 97.8 Å². The maximum Gasteiger partial charge on any atom is 0.217 e. The van der Waals surface area contributed by atoms with Crippen LogP contribution < -0.4 is 10.6 Å². The summed E-state index contributed by atoms with van der Waals surface area (Å²) in [6, 6.07) is 0. The molecule has 1 amide bonds. The Morgan fingerprint density at radius 1 is 1.00 bits per heavy atom. The number of allylic oxidation sites excluding steroid dienone is 2. The standard InChI is InChI=1S/C24H45N3O/c1-4-6-7-8-9-10-11-12-13-14-15-16-17-18-24-26-20-22-27(24,5-2)21-19-25-23(3)28/h6-7,20,22,24,26H,4-5,8-19,21H2,1-3H3/p+1/b7-6+. The van der Waals surface area contributed by atoms with E-state index in [4.69, 9.17) is 0 Å². The van der Waals surface area contributed by atoms with E-state index in [-0.39, 0.29) is 5.91 Å². The number of unbranched alkanes of at least 4 members (excludes halogenated alkanes) is 9. The SMILES string of the molecule is CC/C=C/CCCCCCCCCCCC1NC=C[N+]1(CC)CCNC(C)=O. The molecule has 1 rings (SSSR count). The fourth-order valence-electron chi connectivity index (χ4n) is 4.17. The molecule has 0 aromatic rings. The van der Waals surface area contributed by atoms with E-state index >= 15 is 0 Å². The summed E-state index contributed by atoms with van der Waals surface area (Å²) in [6.45, 7) is 8.83. The molecule has 2 unspecified atom stereocenters. The third-order valence-electron chi connectivity index (χ3n) is 6.02. The van der Waals surface area contributed by atoms with Gasteiger partial charge in [0.05, 0.1) is 19.3 Å². The maximum absolute atomic E-state index is 11.1. The molecule has 0 fully saturated rings. The van der Waals surface area contributed by atoms with Crippen molar-refractivity contribution < 1.29 is 9.28 Å². The minimum atomic E-state index is 0.0651. The van der Waals surface area contributed by atoms with E-state index in [1.54, 1.807) is 6.92 Å². The molecule has 0 aliphatic carbocycles. The van der Waals surface area contributed by atoms with E-state index in [2.05, 4.69) is 49.0 Å². The van der Waals surface area contributed by atoms with Gasteiger partial charge in [0, 0.05) is 13.3 Å². The minimum absolute atomic E-state index is 0.0651. The van der Waals surface area contributed by atoms with Gasteiger partial charge in [0.2, 0.25) is 5.91 Å². The van der Waals surface area contributed by atoms with Crippen molar-refractivity contribution in [3.05, 3.63) is 24.6 Å². The number of likely N-dealkylation sites (N-methyl/N-ethyl adjacent to an activating group) is 1. The highest BCUT2D eigenvalue weighted by Gasteiger charge is 2.36. The van der Waals surface area contributed by atoms with Gasteiger partial charge in [-0.1, -0.05) is 64.0 Å². The van der Waals surface area contributed by atoms with Gasteiger partial charge in [-0.25, -0.2) is 0 Å². The molecule has 0 aromatic heterocycles. The van der Waals surface area contributed by atoms with E-state index in [0.29, 0.717) is 6.17 Å². The smallest absolute Gasteiger partial charge is 0.217 e. The molecule has 162 valence electrons. The molecular weight excluding hydrogens is 346 g/mol. The van der Waals surface area contributed by atoms with Gasteiger partial charge >= 0.3 is 0 Å². The maximum atomic E-state index is 11.1. The van der Waals surface area contributed by atoms with Gasteiger partial charge in [0.25, 0.3) is 0 Å². The molecule has 2 atom stereocenters. The Morgan fingerprint density at radius 3 is 2.25 bits per heavy atom. The lowest BCUT2D eigenvalue weighted by Crippen LogP contribution is -2.55. The average molecular weight is 393 g/mol. The zero-order valence-electron chi connectivity index (χ0n) is 18.8. The Balaban J connectivity index is 2.04. The number of hydrogen-bond donors (Lipinski definition) is 2. The number of carbonyl (C=O) groups excluding carboxylic acids is 1. The highest BCUT2D eigenvalue weighted by Crippen LogP contribution is 2.23. The van der Waals surface area contributed by atoms with Crippen molar-refractivity contribution in [2.75, 3.05) is 19.6 Å². The first-order valence-electron chi connectivity index (χ1n) is 11.8. The molecule has 1 heterocycles. The fraction of sp³-hybridized carbons (Fsp3) is 0.792. The lowest BCUT2D eigenvalue weighted by molar-refractivity contribution is -0.898. The van der Waals surface area contributed by atoms with Crippen molar-refractivity contribution >= 4 is 5.91 Å². The van der Waals surface area contributed by atoms with Gasteiger partial charge < -0.3 is 10.6 Å². The first kappa shape index (κ1) is 24.7. The second-order valence-electron chi connectivity index (χ2n) is 8.26. The molecule has 4 nitrogen and oxygen atoms in total. The van der Waals surface area contributed by atoms with Crippen LogP contribution in [-0.2, 0) is 4.79 Å². The van der Waals surface area contributed by atoms with Crippen LogP contribution in [0.25, 0.3) is 0 Å². The van der Waals surface area contributed by atoms with Gasteiger partial charge in [-0.3, -0.25) is 9.28 Å². The highest BCUT2D eigenvalue weighted by atomic mass is 16.1. The normalized spacial score (nSPS) is 21.3. The second kappa shape index (κ2) is 15.6. The van der Waals surface area contributed by atoms with E-state index in [1.807, 2.05) is 0 Å². The van der Waals surface area contributed by atoms with E-state index < -0.39 is 0 Å². The van der Waals surface area contributed by atoms with E-state index in [9.17, 15) is 4.79 Å². The molecule has 1 aliphatic rings. The van der Waals surface area contributed by atoms with Gasteiger partial charge in [-0.05, 0) is 32.6 Å². The van der Waals surface area contributed by atoms with Crippen LogP contribution in [-0.4, -0.2) is 36.2 Å². The molecular formula is C24H46N3O+. The summed E-state index contributed by atoms with van der Waals surface area (Å²) in [5, 5.41) is 6.50. The van der Waals surface area contributed by atoms with Crippen molar-refractivity contribution in [2.45, 2.75) is 104 Å². The second-order valence-corrected chi connectivity index (χ2v) is 8.26. The molecule has 0 saturated heterocycles. The lowest BCUT2D eigenvalue weighted by atomic mass is 10.0. The predicted octanol–water partition coefficient (Wildman–Crippen LogP) is 5.62.